The molecule has 0 amide bonds. The lowest BCUT2D eigenvalue weighted by Gasteiger charge is -2.07. The van der Waals surface area contributed by atoms with Gasteiger partial charge in [0.05, 0.1) is 15.6 Å². The Balaban J connectivity index is 2.06. The fourth-order valence-corrected chi connectivity index (χ4v) is 2.25. The third-order valence-corrected chi connectivity index (χ3v) is 3.86. The van der Waals surface area contributed by atoms with Crippen LogP contribution in [-0.2, 0) is 11.3 Å². The van der Waals surface area contributed by atoms with E-state index in [1.807, 2.05) is 0 Å². The summed E-state index contributed by atoms with van der Waals surface area (Å²) in [5.41, 5.74) is 0.994. The first-order chi connectivity index (χ1) is 9.47. The van der Waals surface area contributed by atoms with Gasteiger partial charge in [-0.2, -0.15) is 0 Å². The molecule has 0 aliphatic rings. The average Bonchev–Trinajstić information content (AvgIpc) is 2.40. The van der Waals surface area contributed by atoms with Crippen molar-refractivity contribution in [2.75, 3.05) is 0 Å². The van der Waals surface area contributed by atoms with Crippen LogP contribution in [0.25, 0.3) is 0 Å². The Bertz CT molecular complexity index is 656. The average molecular weight is 350 g/mol. The predicted octanol–water partition coefficient (Wildman–Crippen LogP) is 5.66. The smallest absolute Gasteiger partial charge is 0.338 e. The molecule has 2 aromatic carbocycles. The maximum atomic E-state index is 11.9. The molecule has 6 heteroatoms. The van der Waals surface area contributed by atoms with E-state index in [4.69, 9.17) is 51.1 Å². The quantitative estimate of drug-likeness (QED) is 0.668. The molecule has 0 aliphatic heterocycles. The molecule has 104 valence electrons. The van der Waals surface area contributed by atoms with Crippen molar-refractivity contribution in [2.24, 2.45) is 0 Å². The maximum absolute atomic E-state index is 11.9. The summed E-state index contributed by atoms with van der Waals surface area (Å²) in [7, 11) is 0. The molecule has 2 nitrogen and oxygen atoms in total. The predicted molar refractivity (Wildman–Crippen MR) is 82.0 cm³/mol. The van der Waals surface area contributed by atoms with Gasteiger partial charge in [0.25, 0.3) is 0 Å². The van der Waals surface area contributed by atoms with Crippen molar-refractivity contribution in [3.8, 4) is 0 Å². The first-order valence-corrected chi connectivity index (χ1v) is 7.04. The standard InChI is InChI=1S/C14H8Cl4O2/c15-10-3-1-9(12(17)6-10)7-20-14(19)8-2-4-11(16)13(18)5-8/h1-6H,7H2. The minimum absolute atomic E-state index is 0.0507. The summed E-state index contributed by atoms with van der Waals surface area (Å²) in [6.07, 6.45) is 0. The second-order valence-corrected chi connectivity index (χ2v) is 5.60. The lowest BCUT2D eigenvalue weighted by atomic mass is 10.2. The Morgan fingerprint density at radius 3 is 2.30 bits per heavy atom. The largest absolute Gasteiger partial charge is 0.457 e. The van der Waals surface area contributed by atoms with Crippen molar-refractivity contribution in [3.63, 3.8) is 0 Å². The molecule has 0 spiro atoms. The van der Waals surface area contributed by atoms with Gasteiger partial charge in [-0.15, -0.1) is 0 Å². The van der Waals surface area contributed by atoms with E-state index in [1.165, 1.54) is 12.1 Å². The Morgan fingerprint density at radius 1 is 0.900 bits per heavy atom. The van der Waals surface area contributed by atoms with E-state index >= 15 is 0 Å². The molecule has 0 aromatic heterocycles. The zero-order chi connectivity index (χ0) is 14.7. The van der Waals surface area contributed by atoms with Crippen molar-refractivity contribution in [1.82, 2.24) is 0 Å². The summed E-state index contributed by atoms with van der Waals surface area (Å²) >= 11 is 23.4. The highest BCUT2D eigenvalue weighted by Crippen LogP contribution is 2.24. The molecular weight excluding hydrogens is 342 g/mol. The third kappa shape index (κ3) is 3.80. The van der Waals surface area contributed by atoms with Crippen molar-refractivity contribution in [2.45, 2.75) is 6.61 Å². The highest BCUT2D eigenvalue weighted by Gasteiger charge is 2.11. The molecule has 0 atom stereocenters. The van der Waals surface area contributed by atoms with Crippen molar-refractivity contribution in [3.05, 3.63) is 67.6 Å². The molecule has 2 rings (SSSR count). The number of carbonyl (C=O) groups is 1. The second kappa shape index (κ2) is 6.68. The second-order valence-electron chi connectivity index (χ2n) is 3.94. The first kappa shape index (κ1) is 15.5. The zero-order valence-corrected chi connectivity index (χ0v) is 13.0. The number of hydrogen-bond acceptors (Lipinski definition) is 2. The van der Waals surface area contributed by atoms with Crippen LogP contribution in [0.1, 0.15) is 15.9 Å². The molecule has 0 N–H and O–H groups in total. The summed E-state index contributed by atoms with van der Waals surface area (Å²) in [6.45, 7) is 0.0507. The fraction of sp³-hybridized carbons (Fsp3) is 0.0714. The van der Waals surface area contributed by atoms with Crippen LogP contribution in [0.5, 0.6) is 0 Å². The van der Waals surface area contributed by atoms with Crippen LogP contribution in [0.15, 0.2) is 36.4 Å². The van der Waals surface area contributed by atoms with Gasteiger partial charge in [0.15, 0.2) is 0 Å². The van der Waals surface area contributed by atoms with Gasteiger partial charge in [-0.05, 0) is 30.3 Å². The van der Waals surface area contributed by atoms with Gasteiger partial charge in [-0.3, -0.25) is 0 Å². The number of esters is 1. The zero-order valence-electron chi connectivity index (χ0n) is 10.00. The molecule has 0 heterocycles. The van der Waals surface area contributed by atoms with Crippen LogP contribution in [-0.4, -0.2) is 5.97 Å². The number of hydrogen-bond donors (Lipinski definition) is 0. The Kier molecular flexibility index (Phi) is 5.17. The van der Waals surface area contributed by atoms with Crippen LogP contribution < -0.4 is 0 Å². The van der Waals surface area contributed by atoms with Crippen molar-refractivity contribution < 1.29 is 9.53 Å². The molecule has 0 saturated heterocycles. The van der Waals surface area contributed by atoms with Gasteiger partial charge in [0, 0.05) is 15.6 Å². The number of rotatable bonds is 3. The minimum atomic E-state index is -0.505. The molecule has 0 bridgehead atoms. The van der Waals surface area contributed by atoms with E-state index < -0.39 is 5.97 Å². The SMILES string of the molecule is O=C(OCc1ccc(Cl)cc1Cl)c1ccc(Cl)c(Cl)c1. The molecule has 0 saturated carbocycles. The van der Waals surface area contributed by atoms with E-state index in [2.05, 4.69) is 0 Å². The fourth-order valence-electron chi connectivity index (χ4n) is 1.49. The number of halogens is 4. The van der Waals surface area contributed by atoms with Crippen molar-refractivity contribution >= 4 is 52.4 Å². The first-order valence-electron chi connectivity index (χ1n) is 5.53. The molecule has 20 heavy (non-hydrogen) atoms. The number of ether oxygens (including phenoxy) is 1. The van der Waals surface area contributed by atoms with Gasteiger partial charge in [0.1, 0.15) is 6.61 Å². The lowest BCUT2D eigenvalue weighted by molar-refractivity contribution is 0.0473. The van der Waals surface area contributed by atoms with E-state index in [1.54, 1.807) is 24.3 Å². The highest BCUT2D eigenvalue weighted by atomic mass is 35.5. The third-order valence-electron chi connectivity index (χ3n) is 2.53. The lowest BCUT2D eigenvalue weighted by Crippen LogP contribution is -2.05. The van der Waals surface area contributed by atoms with Gasteiger partial charge in [-0.25, -0.2) is 4.79 Å². The Hall–Kier alpha value is -0.930. The molecule has 0 aliphatic carbocycles. The van der Waals surface area contributed by atoms with E-state index in [0.717, 1.165) is 0 Å². The molecule has 0 radical (unpaired) electrons. The molecule has 2 aromatic rings. The van der Waals surface area contributed by atoms with Crippen LogP contribution in [0.3, 0.4) is 0 Å². The summed E-state index contributed by atoms with van der Waals surface area (Å²) in [4.78, 5) is 11.9. The molecular formula is C14H8Cl4O2. The minimum Gasteiger partial charge on any atom is -0.457 e. The Morgan fingerprint density at radius 2 is 1.65 bits per heavy atom. The summed E-state index contributed by atoms with van der Waals surface area (Å²) < 4.78 is 5.16. The maximum Gasteiger partial charge on any atom is 0.338 e. The van der Waals surface area contributed by atoms with E-state index in [9.17, 15) is 4.79 Å². The summed E-state index contributed by atoms with van der Waals surface area (Å²) in [5.74, 6) is -0.505. The van der Waals surface area contributed by atoms with Crippen LogP contribution in [0.4, 0.5) is 0 Å². The van der Waals surface area contributed by atoms with Gasteiger partial charge >= 0.3 is 5.97 Å². The number of carbonyl (C=O) groups excluding carboxylic acids is 1. The van der Waals surface area contributed by atoms with Crippen LogP contribution >= 0.6 is 46.4 Å². The van der Waals surface area contributed by atoms with Gasteiger partial charge < -0.3 is 4.74 Å². The van der Waals surface area contributed by atoms with Gasteiger partial charge in [-0.1, -0.05) is 52.5 Å². The topological polar surface area (TPSA) is 26.3 Å². The van der Waals surface area contributed by atoms with E-state index in [-0.39, 0.29) is 6.61 Å². The normalized spacial score (nSPS) is 10.4. The van der Waals surface area contributed by atoms with E-state index in [0.29, 0.717) is 31.2 Å². The van der Waals surface area contributed by atoms with Crippen LogP contribution in [0.2, 0.25) is 20.1 Å². The summed E-state index contributed by atoms with van der Waals surface area (Å²) in [5, 5.41) is 1.64. The molecule has 0 unspecified atom stereocenters. The summed E-state index contributed by atoms with van der Waals surface area (Å²) in [6, 6.07) is 9.50. The molecule has 0 fully saturated rings. The highest BCUT2D eigenvalue weighted by molar-refractivity contribution is 6.42. The van der Waals surface area contributed by atoms with Crippen molar-refractivity contribution in [1.29, 1.82) is 0 Å². The number of benzene rings is 2. The Labute approximate surface area is 136 Å². The van der Waals surface area contributed by atoms with Crippen LogP contribution in [0, 0.1) is 0 Å². The van der Waals surface area contributed by atoms with Gasteiger partial charge in [0.2, 0.25) is 0 Å². The monoisotopic (exact) mass is 348 g/mol.